The zero-order valence-corrected chi connectivity index (χ0v) is 9.99. The summed E-state index contributed by atoms with van der Waals surface area (Å²) in [4.78, 5) is 11.5. The van der Waals surface area contributed by atoms with Gasteiger partial charge >= 0.3 is 5.97 Å². The summed E-state index contributed by atoms with van der Waals surface area (Å²) in [5, 5.41) is 0. The van der Waals surface area contributed by atoms with Gasteiger partial charge in [-0.15, -0.1) is 0 Å². The lowest BCUT2D eigenvalue weighted by molar-refractivity contribution is -0.156. The second-order valence-corrected chi connectivity index (χ2v) is 4.38. The molecule has 0 saturated heterocycles. The molecule has 1 aliphatic rings. The SMILES string of the molecule is CCC(C)C(=O)OC1CCC(OC)CC1. The molecule has 1 fully saturated rings. The van der Waals surface area contributed by atoms with E-state index in [0.717, 1.165) is 32.1 Å². The van der Waals surface area contributed by atoms with E-state index >= 15 is 0 Å². The van der Waals surface area contributed by atoms with Gasteiger partial charge in [-0.1, -0.05) is 13.8 Å². The number of esters is 1. The van der Waals surface area contributed by atoms with E-state index in [2.05, 4.69) is 0 Å². The number of rotatable bonds is 4. The van der Waals surface area contributed by atoms with Crippen molar-refractivity contribution in [2.45, 2.75) is 58.2 Å². The quantitative estimate of drug-likeness (QED) is 0.675. The van der Waals surface area contributed by atoms with E-state index in [0.29, 0.717) is 6.10 Å². The number of ether oxygens (including phenoxy) is 2. The molecule has 0 spiro atoms. The van der Waals surface area contributed by atoms with Gasteiger partial charge in [-0.2, -0.15) is 0 Å². The van der Waals surface area contributed by atoms with Crippen molar-refractivity contribution in [3.05, 3.63) is 0 Å². The van der Waals surface area contributed by atoms with Crippen LogP contribution in [0.2, 0.25) is 0 Å². The van der Waals surface area contributed by atoms with Gasteiger partial charge in [0.2, 0.25) is 0 Å². The molecule has 1 rings (SSSR count). The molecule has 0 N–H and O–H groups in total. The first-order valence-electron chi connectivity index (χ1n) is 5.90. The lowest BCUT2D eigenvalue weighted by atomic mass is 9.95. The lowest BCUT2D eigenvalue weighted by Crippen LogP contribution is -2.29. The minimum Gasteiger partial charge on any atom is -0.462 e. The van der Waals surface area contributed by atoms with E-state index in [4.69, 9.17) is 9.47 Å². The van der Waals surface area contributed by atoms with E-state index in [1.807, 2.05) is 13.8 Å². The maximum atomic E-state index is 11.5. The predicted molar refractivity (Wildman–Crippen MR) is 58.6 cm³/mol. The lowest BCUT2D eigenvalue weighted by Gasteiger charge is -2.28. The first kappa shape index (κ1) is 12.5. The first-order valence-corrected chi connectivity index (χ1v) is 5.90. The van der Waals surface area contributed by atoms with Crippen molar-refractivity contribution in [3.63, 3.8) is 0 Å². The third kappa shape index (κ3) is 3.82. The minimum atomic E-state index is -0.0432. The average Bonchev–Trinajstić information content (AvgIpc) is 2.29. The van der Waals surface area contributed by atoms with Gasteiger partial charge in [0.1, 0.15) is 6.10 Å². The Morgan fingerprint density at radius 3 is 2.27 bits per heavy atom. The van der Waals surface area contributed by atoms with Crippen molar-refractivity contribution in [3.8, 4) is 0 Å². The van der Waals surface area contributed by atoms with Crippen LogP contribution in [0.5, 0.6) is 0 Å². The van der Waals surface area contributed by atoms with Gasteiger partial charge in [0.25, 0.3) is 0 Å². The van der Waals surface area contributed by atoms with E-state index in [1.165, 1.54) is 0 Å². The summed E-state index contributed by atoms with van der Waals surface area (Å²) in [6, 6.07) is 0. The van der Waals surface area contributed by atoms with Crippen LogP contribution in [-0.4, -0.2) is 25.3 Å². The van der Waals surface area contributed by atoms with Gasteiger partial charge < -0.3 is 9.47 Å². The van der Waals surface area contributed by atoms with Crippen LogP contribution in [-0.2, 0) is 14.3 Å². The molecule has 0 aromatic heterocycles. The summed E-state index contributed by atoms with van der Waals surface area (Å²) in [5.41, 5.74) is 0. The maximum Gasteiger partial charge on any atom is 0.308 e. The number of carbonyl (C=O) groups excluding carboxylic acids is 1. The molecule has 1 saturated carbocycles. The van der Waals surface area contributed by atoms with Crippen molar-refractivity contribution in [1.82, 2.24) is 0 Å². The van der Waals surface area contributed by atoms with Gasteiger partial charge in [-0.25, -0.2) is 0 Å². The van der Waals surface area contributed by atoms with Crippen LogP contribution in [0.25, 0.3) is 0 Å². The molecule has 1 atom stereocenters. The topological polar surface area (TPSA) is 35.5 Å². The Hall–Kier alpha value is -0.570. The Morgan fingerprint density at radius 2 is 1.80 bits per heavy atom. The third-order valence-electron chi connectivity index (χ3n) is 3.25. The largest absolute Gasteiger partial charge is 0.462 e. The molecule has 3 heteroatoms. The second-order valence-electron chi connectivity index (χ2n) is 4.38. The summed E-state index contributed by atoms with van der Waals surface area (Å²) in [7, 11) is 1.75. The smallest absolute Gasteiger partial charge is 0.308 e. The second kappa shape index (κ2) is 6.11. The molecule has 0 bridgehead atoms. The Morgan fingerprint density at radius 1 is 1.27 bits per heavy atom. The fourth-order valence-electron chi connectivity index (χ4n) is 1.83. The molecule has 1 aliphatic carbocycles. The van der Waals surface area contributed by atoms with E-state index in [-0.39, 0.29) is 18.0 Å². The number of hydrogen-bond donors (Lipinski definition) is 0. The van der Waals surface area contributed by atoms with Crippen LogP contribution in [0.15, 0.2) is 0 Å². The highest BCUT2D eigenvalue weighted by atomic mass is 16.5. The maximum absolute atomic E-state index is 11.5. The number of carbonyl (C=O) groups is 1. The highest BCUT2D eigenvalue weighted by molar-refractivity contribution is 5.72. The molecular formula is C12H22O3. The molecule has 3 nitrogen and oxygen atoms in total. The highest BCUT2D eigenvalue weighted by Gasteiger charge is 2.24. The summed E-state index contributed by atoms with van der Waals surface area (Å²) >= 11 is 0. The van der Waals surface area contributed by atoms with Gasteiger partial charge in [0.15, 0.2) is 0 Å². The average molecular weight is 214 g/mol. The van der Waals surface area contributed by atoms with Crippen LogP contribution in [0.4, 0.5) is 0 Å². The zero-order chi connectivity index (χ0) is 11.3. The van der Waals surface area contributed by atoms with Crippen molar-refractivity contribution in [2.75, 3.05) is 7.11 Å². The van der Waals surface area contributed by atoms with Crippen LogP contribution >= 0.6 is 0 Å². The minimum absolute atomic E-state index is 0.0325. The van der Waals surface area contributed by atoms with Gasteiger partial charge in [-0.3, -0.25) is 4.79 Å². The molecule has 0 aromatic rings. The molecule has 0 radical (unpaired) electrons. The molecule has 1 unspecified atom stereocenters. The molecule has 0 heterocycles. The van der Waals surface area contributed by atoms with Gasteiger partial charge in [0.05, 0.1) is 12.0 Å². The number of hydrogen-bond acceptors (Lipinski definition) is 3. The van der Waals surface area contributed by atoms with E-state index < -0.39 is 0 Å². The first-order chi connectivity index (χ1) is 7.17. The van der Waals surface area contributed by atoms with Crippen LogP contribution in [0.3, 0.4) is 0 Å². The molecule has 0 amide bonds. The molecule has 88 valence electrons. The standard InChI is InChI=1S/C12H22O3/c1-4-9(2)12(13)15-11-7-5-10(14-3)6-8-11/h9-11H,4-8H2,1-3H3. The Kier molecular flexibility index (Phi) is 5.09. The van der Waals surface area contributed by atoms with Crippen LogP contribution in [0.1, 0.15) is 46.0 Å². The highest BCUT2D eigenvalue weighted by Crippen LogP contribution is 2.23. The fourth-order valence-corrected chi connectivity index (χ4v) is 1.83. The third-order valence-corrected chi connectivity index (χ3v) is 3.25. The normalized spacial score (nSPS) is 28.5. The van der Waals surface area contributed by atoms with Crippen LogP contribution in [0, 0.1) is 5.92 Å². The summed E-state index contributed by atoms with van der Waals surface area (Å²) in [6.45, 7) is 3.93. The van der Waals surface area contributed by atoms with E-state index in [9.17, 15) is 4.79 Å². The van der Waals surface area contributed by atoms with E-state index in [1.54, 1.807) is 7.11 Å². The molecular weight excluding hydrogens is 192 g/mol. The molecule has 15 heavy (non-hydrogen) atoms. The predicted octanol–water partition coefficient (Wildman–Crippen LogP) is 2.53. The Balaban J connectivity index is 2.26. The molecule has 0 aromatic carbocycles. The van der Waals surface area contributed by atoms with Gasteiger partial charge in [-0.05, 0) is 32.1 Å². The van der Waals surface area contributed by atoms with Crippen molar-refractivity contribution >= 4 is 5.97 Å². The Bertz CT molecular complexity index is 195. The van der Waals surface area contributed by atoms with Crippen LogP contribution < -0.4 is 0 Å². The Labute approximate surface area is 92.1 Å². The summed E-state index contributed by atoms with van der Waals surface area (Å²) in [6.07, 6.45) is 5.25. The fraction of sp³-hybridized carbons (Fsp3) is 0.917. The summed E-state index contributed by atoms with van der Waals surface area (Å²) < 4.78 is 10.7. The van der Waals surface area contributed by atoms with Crippen molar-refractivity contribution in [2.24, 2.45) is 5.92 Å². The number of methoxy groups -OCH3 is 1. The van der Waals surface area contributed by atoms with Gasteiger partial charge in [0, 0.05) is 7.11 Å². The zero-order valence-electron chi connectivity index (χ0n) is 9.99. The summed E-state index contributed by atoms with van der Waals surface area (Å²) in [5.74, 6) is -0.0106. The van der Waals surface area contributed by atoms with Crippen molar-refractivity contribution < 1.29 is 14.3 Å². The monoisotopic (exact) mass is 214 g/mol. The molecule has 0 aliphatic heterocycles. The van der Waals surface area contributed by atoms with Crippen molar-refractivity contribution in [1.29, 1.82) is 0 Å².